The number of hydrogen-bond donors (Lipinski definition) is 2. The number of rotatable bonds is 4. The van der Waals surface area contributed by atoms with Gasteiger partial charge in [0.25, 0.3) is 0 Å². The average Bonchev–Trinajstić information content (AvgIpc) is 2.40. The van der Waals surface area contributed by atoms with E-state index in [0.717, 1.165) is 23.2 Å². The Hall–Kier alpha value is -2.26. The normalized spacial score (nSPS) is 12.4. The molecule has 2 N–H and O–H groups in total. The molecule has 2 aromatic carbocycles. The predicted octanol–water partition coefficient (Wildman–Crippen LogP) is 3.48. The molecule has 0 aliphatic rings. The number of benzene rings is 2. The SMILES string of the molecule is CC(CN(C)C)=C(c1ccc(O)cc1)c1cccc(O)c1. The molecular weight excluding hydrogens is 262 g/mol. The molecule has 21 heavy (non-hydrogen) atoms. The average molecular weight is 283 g/mol. The summed E-state index contributed by atoms with van der Waals surface area (Å²) in [5, 5.41) is 19.2. The smallest absolute Gasteiger partial charge is 0.116 e. The second-order valence-corrected chi connectivity index (χ2v) is 5.49. The van der Waals surface area contributed by atoms with Gasteiger partial charge in [0, 0.05) is 6.54 Å². The minimum atomic E-state index is 0.249. The highest BCUT2D eigenvalue weighted by molar-refractivity contribution is 5.82. The van der Waals surface area contributed by atoms with E-state index in [1.807, 2.05) is 38.4 Å². The summed E-state index contributed by atoms with van der Waals surface area (Å²) < 4.78 is 0. The molecule has 0 aliphatic heterocycles. The van der Waals surface area contributed by atoms with E-state index in [1.165, 1.54) is 5.57 Å². The first-order chi connectivity index (χ1) is 9.97. The summed E-state index contributed by atoms with van der Waals surface area (Å²) >= 11 is 0. The summed E-state index contributed by atoms with van der Waals surface area (Å²) in [6, 6.07) is 14.4. The first-order valence-corrected chi connectivity index (χ1v) is 6.90. The van der Waals surface area contributed by atoms with Crippen LogP contribution in [0.15, 0.2) is 54.1 Å². The van der Waals surface area contributed by atoms with Gasteiger partial charge < -0.3 is 15.1 Å². The lowest BCUT2D eigenvalue weighted by molar-refractivity contribution is 0.446. The predicted molar refractivity (Wildman–Crippen MR) is 86.5 cm³/mol. The number of phenols is 2. The highest BCUT2D eigenvalue weighted by Gasteiger charge is 2.10. The monoisotopic (exact) mass is 283 g/mol. The van der Waals surface area contributed by atoms with Crippen molar-refractivity contribution in [1.29, 1.82) is 0 Å². The van der Waals surface area contributed by atoms with Gasteiger partial charge in [0.15, 0.2) is 0 Å². The van der Waals surface area contributed by atoms with Gasteiger partial charge in [0.2, 0.25) is 0 Å². The van der Waals surface area contributed by atoms with Gasteiger partial charge in [-0.05, 0) is 62.0 Å². The summed E-state index contributed by atoms with van der Waals surface area (Å²) in [6.45, 7) is 2.91. The zero-order valence-corrected chi connectivity index (χ0v) is 12.7. The Kier molecular flexibility index (Phi) is 4.66. The number of phenolic OH excluding ortho intramolecular Hbond substituents is 2. The number of nitrogens with zero attached hydrogens (tertiary/aromatic N) is 1. The number of hydrogen-bond acceptors (Lipinski definition) is 3. The fourth-order valence-electron chi connectivity index (χ4n) is 2.50. The van der Waals surface area contributed by atoms with Crippen molar-refractivity contribution in [3.8, 4) is 11.5 Å². The van der Waals surface area contributed by atoms with Gasteiger partial charge in [-0.15, -0.1) is 0 Å². The Balaban J connectivity index is 2.56. The second-order valence-electron chi connectivity index (χ2n) is 5.49. The topological polar surface area (TPSA) is 43.7 Å². The van der Waals surface area contributed by atoms with Crippen LogP contribution in [0.4, 0.5) is 0 Å². The van der Waals surface area contributed by atoms with Crippen molar-refractivity contribution in [2.45, 2.75) is 6.92 Å². The molecule has 0 aliphatic carbocycles. The lowest BCUT2D eigenvalue weighted by atomic mass is 9.93. The van der Waals surface area contributed by atoms with Crippen molar-refractivity contribution in [2.75, 3.05) is 20.6 Å². The molecule has 0 heterocycles. The first-order valence-electron chi connectivity index (χ1n) is 6.90. The van der Waals surface area contributed by atoms with Gasteiger partial charge in [-0.3, -0.25) is 0 Å². The number of likely N-dealkylation sites (N-methyl/N-ethyl adjacent to an activating group) is 1. The number of aromatic hydroxyl groups is 2. The van der Waals surface area contributed by atoms with Crippen LogP contribution in [0.25, 0.3) is 5.57 Å². The fourth-order valence-corrected chi connectivity index (χ4v) is 2.50. The molecule has 3 nitrogen and oxygen atoms in total. The first kappa shape index (κ1) is 15.1. The van der Waals surface area contributed by atoms with Crippen molar-refractivity contribution < 1.29 is 10.2 Å². The molecule has 0 amide bonds. The molecule has 2 aromatic rings. The molecule has 0 atom stereocenters. The van der Waals surface area contributed by atoms with Crippen LogP contribution in [-0.4, -0.2) is 35.8 Å². The molecule has 3 heteroatoms. The minimum absolute atomic E-state index is 0.249. The summed E-state index contributed by atoms with van der Waals surface area (Å²) in [7, 11) is 4.06. The van der Waals surface area contributed by atoms with Gasteiger partial charge in [0.05, 0.1) is 0 Å². The van der Waals surface area contributed by atoms with Crippen molar-refractivity contribution in [3.05, 3.63) is 65.2 Å². The lowest BCUT2D eigenvalue weighted by Gasteiger charge is -2.17. The second kappa shape index (κ2) is 6.46. The molecule has 0 fully saturated rings. The lowest BCUT2D eigenvalue weighted by Crippen LogP contribution is -2.15. The van der Waals surface area contributed by atoms with Crippen LogP contribution in [0.2, 0.25) is 0 Å². The third-order valence-electron chi connectivity index (χ3n) is 3.27. The maximum absolute atomic E-state index is 9.74. The van der Waals surface area contributed by atoms with E-state index in [1.54, 1.807) is 24.3 Å². The molecule has 0 unspecified atom stereocenters. The van der Waals surface area contributed by atoms with Crippen molar-refractivity contribution in [3.63, 3.8) is 0 Å². The van der Waals surface area contributed by atoms with Gasteiger partial charge in [-0.25, -0.2) is 0 Å². The van der Waals surface area contributed by atoms with E-state index in [4.69, 9.17) is 0 Å². The van der Waals surface area contributed by atoms with E-state index < -0.39 is 0 Å². The zero-order chi connectivity index (χ0) is 15.4. The summed E-state index contributed by atoms with van der Waals surface area (Å²) in [5.74, 6) is 0.501. The van der Waals surface area contributed by atoms with Crippen LogP contribution in [-0.2, 0) is 0 Å². The van der Waals surface area contributed by atoms with E-state index in [2.05, 4.69) is 11.8 Å². The van der Waals surface area contributed by atoms with Crippen molar-refractivity contribution in [1.82, 2.24) is 4.90 Å². The van der Waals surface area contributed by atoms with Gasteiger partial charge >= 0.3 is 0 Å². The summed E-state index contributed by atoms with van der Waals surface area (Å²) in [4.78, 5) is 2.11. The van der Waals surface area contributed by atoms with E-state index in [0.29, 0.717) is 0 Å². The molecule has 0 saturated carbocycles. The Bertz CT molecular complexity index is 643. The van der Waals surface area contributed by atoms with Crippen LogP contribution >= 0.6 is 0 Å². The zero-order valence-electron chi connectivity index (χ0n) is 12.7. The Morgan fingerprint density at radius 3 is 2.14 bits per heavy atom. The van der Waals surface area contributed by atoms with Crippen molar-refractivity contribution >= 4 is 5.57 Å². The van der Waals surface area contributed by atoms with Crippen LogP contribution in [0.3, 0.4) is 0 Å². The maximum atomic E-state index is 9.74. The van der Waals surface area contributed by atoms with Gasteiger partial charge in [-0.2, -0.15) is 0 Å². The molecule has 0 bridgehead atoms. The Morgan fingerprint density at radius 2 is 1.57 bits per heavy atom. The Labute approximate surface area is 125 Å². The largest absolute Gasteiger partial charge is 0.508 e. The van der Waals surface area contributed by atoms with E-state index in [-0.39, 0.29) is 11.5 Å². The standard InChI is InChI=1S/C18H21NO2/c1-13(12-19(2)3)18(14-7-9-16(20)10-8-14)15-5-4-6-17(21)11-15/h4-11,20-21H,12H2,1-3H3. The minimum Gasteiger partial charge on any atom is -0.508 e. The maximum Gasteiger partial charge on any atom is 0.116 e. The molecule has 110 valence electrons. The summed E-state index contributed by atoms with van der Waals surface area (Å²) in [5.41, 5.74) is 4.29. The molecule has 0 spiro atoms. The van der Waals surface area contributed by atoms with Crippen LogP contribution in [0, 0.1) is 0 Å². The molecule has 0 radical (unpaired) electrons. The van der Waals surface area contributed by atoms with Gasteiger partial charge in [0.1, 0.15) is 11.5 Å². The quantitative estimate of drug-likeness (QED) is 0.903. The highest BCUT2D eigenvalue weighted by Crippen LogP contribution is 2.30. The van der Waals surface area contributed by atoms with E-state index >= 15 is 0 Å². The van der Waals surface area contributed by atoms with Crippen LogP contribution < -0.4 is 0 Å². The molecule has 0 saturated heterocycles. The third kappa shape index (κ3) is 3.86. The highest BCUT2D eigenvalue weighted by atomic mass is 16.3. The third-order valence-corrected chi connectivity index (χ3v) is 3.27. The van der Waals surface area contributed by atoms with Crippen LogP contribution in [0.1, 0.15) is 18.1 Å². The van der Waals surface area contributed by atoms with Gasteiger partial charge in [-0.1, -0.05) is 29.8 Å². The molecule has 0 aromatic heterocycles. The molecular formula is C18H21NO2. The molecule has 2 rings (SSSR count). The summed E-state index contributed by atoms with van der Waals surface area (Å²) in [6.07, 6.45) is 0. The fraction of sp³-hybridized carbons (Fsp3) is 0.222. The Morgan fingerprint density at radius 1 is 0.905 bits per heavy atom. The van der Waals surface area contributed by atoms with E-state index in [9.17, 15) is 10.2 Å². The van der Waals surface area contributed by atoms with Crippen molar-refractivity contribution in [2.24, 2.45) is 0 Å². The van der Waals surface area contributed by atoms with Crippen LogP contribution in [0.5, 0.6) is 11.5 Å².